The third kappa shape index (κ3) is 3.71. The minimum atomic E-state index is -0.444. The molecular formula is C55H32. The van der Waals surface area contributed by atoms with E-state index in [2.05, 4.69) is 194 Å². The zero-order valence-electron chi connectivity index (χ0n) is 30.0. The molecule has 1 spiro atoms. The van der Waals surface area contributed by atoms with Crippen molar-refractivity contribution in [3.05, 3.63) is 216 Å². The Morgan fingerprint density at radius 2 is 0.855 bits per heavy atom. The molecule has 0 N–H and O–H groups in total. The summed E-state index contributed by atoms with van der Waals surface area (Å²) in [7, 11) is 0. The van der Waals surface area contributed by atoms with E-state index in [4.69, 9.17) is 0 Å². The summed E-state index contributed by atoms with van der Waals surface area (Å²) >= 11 is 0. The smallest absolute Gasteiger partial charge is 0.0619 e. The van der Waals surface area contributed by atoms with Crippen molar-refractivity contribution >= 4 is 53.9 Å². The van der Waals surface area contributed by atoms with Gasteiger partial charge >= 0.3 is 0 Å². The van der Waals surface area contributed by atoms with Gasteiger partial charge in [-0.05, 0) is 139 Å². The first-order valence-electron chi connectivity index (χ1n) is 19.3. The van der Waals surface area contributed by atoms with E-state index in [9.17, 15) is 0 Å². The molecule has 0 nitrogen and oxygen atoms in total. The highest BCUT2D eigenvalue weighted by Gasteiger charge is 2.52. The monoisotopic (exact) mass is 692 g/mol. The second kappa shape index (κ2) is 10.6. The molecule has 55 heavy (non-hydrogen) atoms. The van der Waals surface area contributed by atoms with Crippen molar-refractivity contribution in [2.45, 2.75) is 5.41 Å². The first kappa shape index (κ1) is 29.4. The summed E-state index contributed by atoms with van der Waals surface area (Å²) in [4.78, 5) is 0. The van der Waals surface area contributed by atoms with Crippen molar-refractivity contribution in [3.8, 4) is 44.5 Å². The Morgan fingerprint density at radius 3 is 1.69 bits per heavy atom. The maximum absolute atomic E-state index is 2.55. The lowest BCUT2D eigenvalue weighted by molar-refractivity contribution is 0.795. The van der Waals surface area contributed by atoms with Crippen LogP contribution in [0.3, 0.4) is 0 Å². The fourth-order valence-corrected chi connectivity index (χ4v) is 10.8. The third-order valence-electron chi connectivity index (χ3n) is 13.0. The van der Waals surface area contributed by atoms with E-state index in [1.165, 1.54) is 121 Å². The molecule has 0 bridgehead atoms. The van der Waals surface area contributed by atoms with Crippen LogP contribution in [0, 0.1) is 0 Å². The Balaban J connectivity index is 1.14. The van der Waals surface area contributed by atoms with Crippen LogP contribution in [0.4, 0.5) is 0 Å². The zero-order chi connectivity index (χ0) is 35.8. The molecule has 11 aromatic carbocycles. The van der Waals surface area contributed by atoms with Gasteiger partial charge in [-0.1, -0.05) is 176 Å². The molecule has 0 heteroatoms. The predicted molar refractivity (Wildman–Crippen MR) is 232 cm³/mol. The van der Waals surface area contributed by atoms with Crippen LogP contribution in [0.5, 0.6) is 0 Å². The minimum Gasteiger partial charge on any atom is -0.0619 e. The van der Waals surface area contributed by atoms with Crippen molar-refractivity contribution in [1.82, 2.24) is 0 Å². The molecule has 0 amide bonds. The number of benzene rings is 11. The summed E-state index contributed by atoms with van der Waals surface area (Å²) in [6.45, 7) is 0. The van der Waals surface area contributed by atoms with Crippen molar-refractivity contribution in [1.29, 1.82) is 0 Å². The lowest BCUT2D eigenvalue weighted by Crippen LogP contribution is -2.25. The predicted octanol–water partition coefficient (Wildman–Crippen LogP) is 14.6. The van der Waals surface area contributed by atoms with Crippen LogP contribution in [0.2, 0.25) is 0 Å². The van der Waals surface area contributed by atoms with Crippen molar-refractivity contribution in [2.24, 2.45) is 0 Å². The molecule has 0 atom stereocenters. The summed E-state index contributed by atoms with van der Waals surface area (Å²) in [5, 5.41) is 13.0. The van der Waals surface area contributed by atoms with Crippen LogP contribution < -0.4 is 0 Å². The van der Waals surface area contributed by atoms with Crippen LogP contribution >= 0.6 is 0 Å². The van der Waals surface area contributed by atoms with Gasteiger partial charge in [0.1, 0.15) is 0 Å². The van der Waals surface area contributed by atoms with Gasteiger partial charge in [0.25, 0.3) is 0 Å². The van der Waals surface area contributed by atoms with Gasteiger partial charge in [0, 0.05) is 0 Å². The first-order valence-corrected chi connectivity index (χ1v) is 19.3. The molecule has 11 aromatic rings. The molecule has 13 rings (SSSR count). The van der Waals surface area contributed by atoms with Crippen molar-refractivity contribution in [3.63, 3.8) is 0 Å². The van der Waals surface area contributed by atoms with E-state index in [0.717, 1.165) is 0 Å². The molecule has 0 unspecified atom stereocenters. The number of hydrogen-bond acceptors (Lipinski definition) is 0. The zero-order valence-corrected chi connectivity index (χ0v) is 30.0. The van der Waals surface area contributed by atoms with Crippen LogP contribution in [-0.2, 0) is 5.41 Å². The van der Waals surface area contributed by atoms with Crippen molar-refractivity contribution in [2.75, 3.05) is 0 Å². The Labute approximate surface area is 318 Å². The van der Waals surface area contributed by atoms with Gasteiger partial charge in [-0.3, -0.25) is 0 Å². The Hall–Kier alpha value is -7.02. The van der Waals surface area contributed by atoms with E-state index in [0.29, 0.717) is 0 Å². The van der Waals surface area contributed by atoms with E-state index >= 15 is 0 Å². The average Bonchev–Trinajstić information content (AvgIpc) is 3.72. The minimum absolute atomic E-state index is 0.444. The molecule has 0 radical (unpaired) electrons. The van der Waals surface area contributed by atoms with Gasteiger partial charge in [-0.2, -0.15) is 0 Å². The van der Waals surface area contributed by atoms with Gasteiger partial charge in [0.2, 0.25) is 0 Å². The standard InChI is InChI=1S/C55H32/c1-2-11-36-30-37(25-22-33(36)10-1)40-17-9-19-44-41(40)28-29-50-54(44)46-27-26-38(32-51(46)55(50)48-20-5-3-15-42(48)43-16-4-6-21-49(43)55)47-31-39-14-7-12-34-23-24-35-13-8-18-45(47)53(35)52(34)39/h1-32H. The molecule has 0 fully saturated rings. The molecule has 252 valence electrons. The normalized spacial score (nSPS) is 13.6. The second-order valence-corrected chi connectivity index (χ2v) is 15.5. The van der Waals surface area contributed by atoms with Crippen LogP contribution in [0.1, 0.15) is 22.3 Å². The van der Waals surface area contributed by atoms with Gasteiger partial charge in [-0.15, -0.1) is 0 Å². The van der Waals surface area contributed by atoms with Crippen LogP contribution in [-0.4, -0.2) is 0 Å². The van der Waals surface area contributed by atoms with Crippen LogP contribution in [0.15, 0.2) is 194 Å². The highest BCUT2D eigenvalue weighted by Crippen LogP contribution is 2.64. The van der Waals surface area contributed by atoms with Gasteiger partial charge < -0.3 is 0 Å². The van der Waals surface area contributed by atoms with E-state index in [-0.39, 0.29) is 0 Å². The fourth-order valence-electron chi connectivity index (χ4n) is 10.8. The van der Waals surface area contributed by atoms with E-state index in [1.54, 1.807) is 0 Å². The quantitative estimate of drug-likeness (QED) is 0.158. The topological polar surface area (TPSA) is 0 Å². The maximum Gasteiger partial charge on any atom is 0.0725 e. The summed E-state index contributed by atoms with van der Waals surface area (Å²) < 4.78 is 0. The molecule has 2 aliphatic rings. The van der Waals surface area contributed by atoms with E-state index < -0.39 is 5.41 Å². The summed E-state index contributed by atoms with van der Waals surface area (Å²) in [5.41, 5.74) is 15.4. The number of hydrogen-bond donors (Lipinski definition) is 0. The Kier molecular flexibility index (Phi) is 5.65. The SMILES string of the molecule is c1ccc2c(c1)-c1ccccc1C21c2cc(-c3cc4cccc5ccc6cccc3c6c54)ccc2-c2c1ccc1c(-c3ccc4ccccc4c3)cccc21. The molecular weight excluding hydrogens is 661 g/mol. The summed E-state index contributed by atoms with van der Waals surface area (Å²) in [5.74, 6) is 0. The third-order valence-corrected chi connectivity index (χ3v) is 13.0. The van der Waals surface area contributed by atoms with Gasteiger partial charge in [-0.25, -0.2) is 0 Å². The van der Waals surface area contributed by atoms with Gasteiger partial charge in [0.05, 0.1) is 5.41 Å². The molecule has 2 aliphatic carbocycles. The van der Waals surface area contributed by atoms with Crippen molar-refractivity contribution < 1.29 is 0 Å². The highest BCUT2D eigenvalue weighted by molar-refractivity contribution is 6.26. The second-order valence-electron chi connectivity index (χ2n) is 15.5. The number of fused-ring (bicyclic) bond motifs is 13. The van der Waals surface area contributed by atoms with Gasteiger partial charge in [0.15, 0.2) is 0 Å². The maximum atomic E-state index is 2.55. The Bertz CT molecular complexity index is 3390. The molecule has 0 aromatic heterocycles. The van der Waals surface area contributed by atoms with E-state index in [1.807, 2.05) is 0 Å². The van der Waals surface area contributed by atoms with Crippen LogP contribution in [0.25, 0.3) is 98.4 Å². The molecule has 0 saturated heterocycles. The molecule has 0 aliphatic heterocycles. The average molecular weight is 693 g/mol. The largest absolute Gasteiger partial charge is 0.0725 e. The highest BCUT2D eigenvalue weighted by atomic mass is 14.5. The summed E-state index contributed by atoms with van der Waals surface area (Å²) in [6.07, 6.45) is 0. The first-order chi connectivity index (χ1) is 27.3. The number of rotatable bonds is 2. The lowest BCUT2D eigenvalue weighted by Gasteiger charge is -2.31. The lowest BCUT2D eigenvalue weighted by atomic mass is 9.70. The summed E-state index contributed by atoms with van der Waals surface area (Å²) in [6, 6.07) is 73.5. The Morgan fingerprint density at radius 1 is 0.255 bits per heavy atom. The molecule has 0 saturated carbocycles. The molecule has 0 heterocycles. The fraction of sp³-hybridized carbons (Fsp3) is 0.0182.